The summed E-state index contributed by atoms with van der Waals surface area (Å²) in [6.07, 6.45) is 3.22. The third kappa shape index (κ3) is 3.84. The Labute approximate surface area is 155 Å². The van der Waals surface area contributed by atoms with Crippen LogP contribution < -0.4 is 15.4 Å². The van der Waals surface area contributed by atoms with Crippen molar-refractivity contribution in [2.75, 3.05) is 18.4 Å². The predicted molar refractivity (Wildman–Crippen MR) is 96.0 cm³/mol. The molecule has 2 bridgehead atoms. The second kappa shape index (κ2) is 7.22. The second-order valence-electron chi connectivity index (χ2n) is 6.73. The Balaban J connectivity index is 1.48. The van der Waals surface area contributed by atoms with Gasteiger partial charge in [-0.3, -0.25) is 4.79 Å². The molecule has 0 aliphatic carbocycles. The van der Waals surface area contributed by atoms with Crippen LogP contribution in [0.15, 0.2) is 42.6 Å². The molecular weight excluding hydrogens is 351 g/mol. The summed E-state index contributed by atoms with van der Waals surface area (Å²) in [5.74, 6) is 0.107. The quantitative estimate of drug-likeness (QED) is 0.870. The highest BCUT2D eigenvalue weighted by molar-refractivity contribution is 5.91. The van der Waals surface area contributed by atoms with Gasteiger partial charge in [0.15, 0.2) is 0 Å². The Kier molecular flexibility index (Phi) is 4.62. The fraction of sp³-hybridized carbons (Fsp3) is 0.316. The molecule has 3 aliphatic rings. The zero-order valence-corrected chi connectivity index (χ0v) is 14.5. The van der Waals surface area contributed by atoms with Gasteiger partial charge in [0.05, 0.1) is 5.92 Å². The van der Waals surface area contributed by atoms with E-state index < -0.39 is 0 Å². The third-order valence-electron chi connectivity index (χ3n) is 4.79. The number of hydrogen-bond donors (Lipinski definition) is 2. The second-order valence-corrected chi connectivity index (χ2v) is 6.73. The number of rotatable bonds is 3. The molecule has 0 saturated carbocycles. The smallest absolute Gasteiger partial charge is 0.322 e. The van der Waals surface area contributed by atoms with Gasteiger partial charge in [0.2, 0.25) is 11.8 Å². The number of carbonyl (C=O) groups excluding carboxylic acids is 2. The first-order chi connectivity index (χ1) is 13.1. The maximum absolute atomic E-state index is 13.0. The van der Waals surface area contributed by atoms with Gasteiger partial charge in [0, 0.05) is 25.3 Å². The van der Waals surface area contributed by atoms with Crippen molar-refractivity contribution < 1.29 is 18.7 Å². The molecule has 8 heteroatoms. The van der Waals surface area contributed by atoms with Crippen LogP contribution in [-0.4, -0.2) is 41.0 Å². The average molecular weight is 370 g/mol. The van der Waals surface area contributed by atoms with Crippen LogP contribution in [0.2, 0.25) is 0 Å². The molecule has 5 rings (SSSR count). The van der Waals surface area contributed by atoms with E-state index in [0.717, 1.165) is 12.8 Å². The SMILES string of the molecule is O=C1NC2CCC1CN(C(=O)Nc1cccnc1Oc1ccc(F)cc1)C2. The van der Waals surface area contributed by atoms with Crippen molar-refractivity contribution in [3.05, 3.63) is 48.4 Å². The van der Waals surface area contributed by atoms with Crippen molar-refractivity contribution in [3.63, 3.8) is 0 Å². The van der Waals surface area contributed by atoms with Crippen molar-refractivity contribution >= 4 is 17.6 Å². The van der Waals surface area contributed by atoms with E-state index in [0.29, 0.717) is 24.5 Å². The van der Waals surface area contributed by atoms with Gasteiger partial charge >= 0.3 is 6.03 Å². The zero-order valence-electron chi connectivity index (χ0n) is 14.5. The first-order valence-electron chi connectivity index (χ1n) is 8.83. The van der Waals surface area contributed by atoms with Gasteiger partial charge < -0.3 is 20.3 Å². The van der Waals surface area contributed by atoms with Crippen LogP contribution >= 0.6 is 0 Å². The molecule has 3 amide bonds. The van der Waals surface area contributed by atoms with E-state index in [-0.39, 0.29) is 35.6 Å². The molecule has 1 aromatic carbocycles. The van der Waals surface area contributed by atoms with Gasteiger partial charge in [-0.05, 0) is 49.2 Å². The number of benzene rings is 1. The van der Waals surface area contributed by atoms with Crippen LogP contribution in [-0.2, 0) is 4.79 Å². The molecule has 3 aliphatic heterocycles. The lowest BCUT2D eigenvalue weighted by molar-refractivity contribution is -0.126. The first-order valence-corrected chi connectivity index (χ1v) is 8.83. The number of nitrogens with one attached hydrogen (secondary N) is 2. The van der Waals surface area contributed by atoms with Crippen LogP contribution in [0.5, 0.6) is 11.6 Å². The molecule has 3 saturated heterocycles. The highest BCUT2D eigenvalue weighted by Gasteiger charge is 2.36. The molecule has 27 heavy (non-hydrogen) atoms. The summed E-state index contributed by atoms with van der Waals surface area (Å²) < 4.78 is 18.7. The minimum atomic E-state index is -0.365. The predicted octanol–water partition coefficient (Wildman–Crippen LogP) is 2.76. The fourth-order valence-corrected chi connectivity index (χ4v) is 3.38. The molecule has 2 unspecified atom stereocenters. The number of hydrogen-bond acceptors (Lipinski definition) is 4. The molecule has 7 nitrogen and oxygen atoms in total. The van der Waals surface area contributed by atoms with Gasteiger partial charge in [-0.1, -0.05) is 0 Å². The number of fused-ring (bicyclic) bond motifs is 4. The Morgan fingerprint density at radius 1 is 1.22 bits per heavy atom. The third-order valence-corrected chi connectivity index (χ3v) is 4.79. The number of piperidine rings is 1. The van der Waals surface area contributed by atoms with E-state index >= 15 is 0 Å². The Bertz CT molecular complexity index is 858. The van der Waals surface area contributed by atoms with Crippen molar-refractivity contribution in [2.24, 2.45) is 5.92 Å². The van der Waals surface area contributed by atoms with Crippen LogP contribution in [0.4, 0.5) is 14.9 Å². The summed E-state index contributed by atoms with van der Waals surface area (Å²) >= 11 is 0. The largest absolute Gasteiger partial charge is 0.437 e. The van der Waals surface area contributed by atoms with Crippen molar-refractivity contribution in [3.8, 4) is 11.6 Å². The number of ether oxygens (including phenoxy) is 1. The van der Waals surface area contributed by atoms with Gasteiger partial charge in [-0.2, -0.15) is 0 Å². The number of amides is 3. The van der Waals surface area contributed by atoms with Crippen LogP contribution in [0.1, 0.15) is 12.8 Å². The van der Waals surface area contributed by atoms with E-state index in [2.05, 4.69) is 15.6 Å². The number of halogens is 1. The normalized spacial score (nSPS) is 21.4. The number of urea groups is 1. The summed E-state index contributed by atoms with van der Waals surface area (Å²) in [4.78, 5) is 30.5. The van der Waals surface area contributed by atoms with Gasteiger partial charge in [0.1, 0.15) is 17.3 Å². The lowest BCUT2D eigenvalue weighted by atomic mass is 9.96. The summed E-state index contributed by atoms with van der Waals surface area (Å²) in [5, 5.41) is 5.76. The van der Waals surface area contributed by atoms with Gasteiger partial charge in [0.25, 0.3) is 0 Å². The number of carbonyl (C=O) groups is 2. The number of anilines is 1. The molecule has 0 radical (unpaired) electrons. The molecule has 2 atom stereocenters. The Morgan fingerprint density at radius 2 is 2.04 bits per heavy atom. The highest BCUT2D eigenvalue weighted by atomic mass is 19.1. The minimum Gasteiger partial charge on any atom is -0.437 e. The van der Waals surface area contributed by atoms with Gasteiger partial charge in [-0.25, -0.2) is 14.2 Å². The number of aromatic nitrogens is 1. The Hall–Kier alpha value is -3.16. The fourth-order valence-electron chi connectivity index (χ4n) is 3.38. The first kappa shape index (κ1) is 17.3. The van der Waals surface area contributed by atoms with Crippen LogP contribution in [0.3, 0.4) is 0 Å². The van der Waals surface area contributed by atoms with Crippen LogP contribution in [0.25, 0.3) is 0 Å². The molecule has 3 fully saturated rings. The lowest BCUT2D eigenvalue weighted by Gasteiger charge is -2.23. The van der Waals surface area contributed by atoms with Crippen molar-refractivity contribution in [1.29, 1.82) is 0 Å². The average Bonchev–Trinajstić information content (AvgIpc) is 2.96. The van der Waals surface area contributed by atoms with Crippen LogP contribution in [0, 0.1) is 11.7 Å². The topological polar surface area (TPSA) is 83.6 Å². The maximum atomic E-state index is 13.0. The Morgan fingerprint density at radius 3 is 2.81 bits per heavy atom. The van der Waals surface area contributed by atoms with E-state index in [9.17, 15) is 14.0 Å². The summed E-state index contributed by atoms with van der Waals surface area (Å²) in [6, 6.07) is 8.59. The standard InChI is InChI=1S/C19H19FN4O3/c20-13-4-7-15(8-5-13)27-18-16(2-1-9-21-18)23-19(26)24-10-12-3-6-14(11-24)22-17(12)25/h1-2,4-5,7-9,12,14H,3,6,10-11H2,(H,22,25)(H,23,26). The highest BCUT2D eigenvalue weighted by Crippen LogP contribution is 2.28. The summed E-state index contributed by atoms with van der Waals surface area (Å²) in [6.45, 7) is 0.866. The molecule has 4 heterocycles. The number of pyridine rings is 1. The van der Waals surface area contributed by atoms with E-state index in [4.69, 9.17) is 4.74 Å². The van der Waals surface area contributed by atoms with E-state index in [1.54, 1.807) is 23.2 Å². The van der Waals surface area contributed by atoms with Crippen molar-refractivity contribution in [2.45, 2.75) is 18.9 Å². The summed E-state index contributed by atoms with van der Waals surface area (Å²) in [5.41, 5.74) is 0.405. The molecule has 0 spiro atoms. The minimum absolute atomic E-state index is 0.00849. The monoisotopic (exact) mass is 370 g/mol. The van der Waals surface area contributed by atoms with E-state index in [1.807, 2.05) is 0 Å². The molecule has 2 N–H and O–H groups in total. The number of nitrogens with zero attached hydrogens (tertiary/aromatic N) is 2. The molecule has 1 aromatic heterocycles. The summed E-state index contributed by atoms with van der Waals surface area (Å²) in [7, 11) is 0. The molecular formula is C19H19FN4O3. The maximum Gasteiger partial charge on any atom is 0.322 e. The van der Waals surface area contributed by atoms with Crippen molar-refractivity contribution in [1.82, 2.24) is 15.2 Å². The lowest BCUT2D eigenvalue weighted by Crippen LogP contribution is -2.44. The molecule has 140 valence electrons. The zero-order chi connectivity index (χ0) is 18.8. The van der Waals surface area contributed by atoms with Gasteiger partial charge in [-0.15, -0.1) is 0 Å². The molecule has 2 aromatic rings. The van der Waals surface area contributed by atoms with E-state index in [1.165, 1.54) is 24.3 Å².